The van der Waals surface area contributed by atoms with E-state index in [2.05, 4.69) is 33.0 Å². The Bertz CT molecular complexity index is 1340. The predicted molar refractivity (Wildman–Crippen MR) is 132 cm³/mol. The van der Waals surface area contributed by atoms with E-state index in [4.69, 9.17) is 16.3 Å². The SMILES string of the molecule is Cc1cscc1-c1ccnc(NC(C)c2cc3cc(Cl)c(OCC4CC4)cc3[nH]c2=O)c1. The van der Waals surface area contributed by atoms with Crippen LogP contribution in [0, 0.1) is 12.8 Å². The normalized spacial score (nSPS) is 14.5. The zero-order chi connectivity index (χ0) is 22.2. The largest absolute Gasteiger partial charge is 0.492 e. The summed E-state index contributed by atoms with van der Waals surface area (Å²) in [4.78, 5) is 20.3. The molecule has 3 aromatic heterocycles. The van der Waals surface area contributed by atoms with Crippen molar-refractivity contribution in [3.05, 3.63) is 73.8 Å². The summed E-state index contributed by atoms with van der Waals surface area (Å²) in [5.41, 5.74) is 4.74. The molecule has 0 bridgehead atoms. The van der Waals surface area contributed by atoms with Crippen molar-refractivity contribution in [2.75, 3.05) is 11.9 Å². The van der Waals surface area contributed by atoms with Crippen molar-refractivity contribution in [2.24, 2.45) is 5.92 Å². The number of anilines is 1. The molecule has 2 N–H and O–H groups in total. The quantitative estimate of drug-likeness (QED) is 0.323. The number of H-pyrrole nitrogens is 1. The molecule has 3 heterocycles. The summed E-state index contributed by atoms with van der Waals surface area (Å²) in [5.74, 6) is 1.97. The number of ether oxygens (including phenoxy) is 1. The number of benzene rings is 1. The van der Waals surface area contributed by atoms with Crippen LogP contribution in [0.2, 0.25) is 5.02 Å². The summed E-state index contributed by atoms with van der Waals surface area (Å²) in [6.07, 6.45) is 4.21. The lowest BCUT2D eigenvalue weighted by molar-refractivity contribution is 0.300. The van der Waals surface area contributed by atoms with Gasteiger partial charge in [0.05, 0.1) is 23.2 Å². The Morgan fingerprint density at radius 1 is 1.28 bits per heavy atom. The van der Waals surface area contributed by atoms with Gasteiger partial charge in [0.2, 0.25) is 0 Å². The lowest BCUT2D eigenvalue weighted by Crippen LogP contribution is -2.19. The molecule has 1 fully saturated rings. The lowest BCUT2D eigenvalue weighted by Gasteiger charge is -2.16. The highest BCUT2D eigenvalue weighted by atomic mass is 35.5. The first-order valence-electron chi connectivity index (χ1n) is 10.7. The molecule has 0 aliphatic heterocycles. The van der Waals surface area contributed by atoms with E-state index in [0.29, 0.717) is 34.4 Å². The molecule has 5 nitrogen and oxygen atoms in total. The van der Waals surface area contributed by atoms with Gasteiger partial charge < -0.3 is 15.0 Å². The van der Waals surface area contributed by atoms with Crippen molar-refractivity contribution in [1.82, 2.24) is 9.97 Å². The molecule has 1 aromatic carbocycles. The second kappa shape index (κ2) is 8.60. The summed E-state index contributed by atoms with van der Waals surface area (Å²) in [7, 11) is 0. The second-order valence-electron chi connectivity index (χ2n) is 8.44. The first-order valence-corrected chi connectivity index (χ1v) is 12.0. The van der Waals surface area contributed by atoms with Gasteiger partial charge >= 0.3 is 0 Å². The molecule has 0 saturated heterocycles. The van der Waals surface area contributed by atoms with Crippen molar-refractivity contribution >= 4 is 39.7 Å². The zero-order valence-electron chi connectivity index (χ0n) is 17.9. The number of aromatic nitrogens is 2. The van der Waals surface area contributed by atoms with Crippen LogP contribution >= 0.6 is 22.9 Å². The first-order chi connectivity index (χ1) is 15.5. The standard InChI is InChI=1S/C25H24ClN3O2S/c1-14-12-32-13-20(14)17-5-6-27-24(9-17)28-15(2)19-7-18-8-21(26)23(31-11-16-3-4-16)10-22(18)29-25(19)30/h5-10,12-13,15-16H,3-4,11H2,1-2H3,(H,27,28)(H,29,30). The minimum absolute atomic E-state index is 0.141. The number of fused-ring (bicyclic) bond motifs is 1. The van der Waals surface area contributed by atoms with E-state index in [9.17, 15) is 4.79 Å². The highest BCUT2D eigenvalue weighted by Crippen LogP contribution is 2.34. The number of hydrogen-bond donors (Lipinski definition) is 2. The van der Waals surface area contributed by atoms with Crippen LogP contribution in [0.1, 0.15) is 36.9 Å². The molecule has 1 aliphatic carbocycles. The molecular formula is C25H24ClN3O2S. The third-order valence-electron chi connectivity index (χ3n) is 5.85. The van der Waals surface area contributed by atoms with Gasteiger partial charge in [-0.2, -0.15) is 11.3 Å². The molecule has 0 amide bonds. The molecular weight excluding hydrogens is 442 g/mol. The molecule has 0 spiro atoms. The Kier molecular flexibility index (Phi) is 5.66. The number of rotatable bonds is 7. The number of aryl methyl sites for hydroxylation is 1. The second-order valence-corrected chi connectivity index (χ2v) is 9.59. The van der Waals surface area contributed by atoms with Crippen molar-refractivity contribution in [1.29, 1.82) is 0 Å². The minimum atomic E-state index is -0.237. The maximum Gasteiger partial charge on any atom is 0.253 e. The molecule has 1 unspecified atom stereocenters. The molecule has 4 aromatic rings. The molecule has 0 radical (unpaired) electrons. The van der Waals surface area contributed by atoms with Crippen molar-refractivity contribution in [2.45, 2.75) is 32.7 Å². The van der Waals surface area contributed by atoms with E-state index in [1.54, 1.807) is 17.5 Å². The monoisotopic (exact) mass is 465 g/mol. The van der Waals surface area contributed by atoms with E-state index < -0.39 is 0 Å². The van der Waals surface area contributed by atoms with Crippen LogP contribution in [-0.4, -0.2) is 16.6 Å². The van der Waals surface area contributed by atoms with Gasteiger partial charge in [0.1, 0.15) is 11.6 Å². The molecule has 164 valence electrons. The summed E-state index contributed by atoms with van der Waals surface area (Å²) in [6.45, 7) is 4.73. The van der Waals surface area contributed by atoms with E-state index >= 15 is 0 Å². The Labute approximate surface area is 195 Å². The fourth-order valence-electron chi connectivity index (χ4n) is 3.78. The topological polar surface area (TPSA) is 67.0 Å². The molecule has 32 heavy (non-hydrogen) atoms. The smallest absolute Gasteiger partial charge is 0.253 e. The summed E-state index contributed by atoms with van der Waals surface area (Å²) < 4.78 is 5.84. The van der Waals surface area contributed by atoms with E-state index in [1.807, 2.05) is 37.3 Å². The molecule has 5 rings (SSSR count). The molecule has 1 saturated carbocycles. The maximum absolute atomic E-state index is 12.8. The van der Waals surface area contributed by atoms with Crippen LogP contribution in [-0.2, 0) is 0 Å². The number of hydrogen-bond acceptors (Lipinski definition) is 5. The summed E-state index contributed by atoms with van der Waals surface area (Å²) in [6, 6.07) is 9.33. The van der Waals surface area contributed by atoms with Gasteiger partial charge in [-0.05, 0) is 84.3 Å². The lowest BCUT2D eigenvalue weighted by atomic mass is 10.1. The fraction of sp³-hybridized carbons (Fsp3) is 0.280. The van der Waals surface area contributed by atoms with E-state index in [0.717, 1.165) is 16.8 Å². The highest BCUT2D eigenvalue weighted by molar-refractivity contribution is 7.08. The van der Waals surface area contributed by atoms with Gasteiger partial charge in [0, 0.05) is 23.2 Å². The van der Waals surface area contributed by atoms with Gasteiger partial charge in [-0.1, -0.05) is 11.6 Å². The molecule has 7 heteroatoms. The average molecular weight is 466 g/mol. The van der Waals surface area contributed by atoms with Crippen LogP contribution in [0.5, 0.6) is 5.75 Å². The number of nitrogens with one attached hydrogen (secondary N) is 2. The number of thiophene rings is 1. The van der Waals surface area contributed by atoms with Gasteiger partial charge in [-0.15, -0.1) is 0 Å². The minimum Gasteiger partial charge on any atom is -0.492 e. The van der Waals surface area contributed by atoms with Crippen LogP contribution in [0.4, 0.5) is 5.82 Å². The highest BCUT2D eigenvalue weighted by Gasteiger charge is 2.22. The van der Waals surface area contributed by atoms with Crippen LogP contribution in [0.3, 0.4) is 0 Å². The number of pyridine rings is 2. The summed E-state index contributed by atoms with van der Waals surface area (Å²) >= 11 is 8.13. The van der Waals surface area contributed by atoms with Crippen molar-refractivity contribution < 1.29 is 4.74 Å². The average Bonchev–Trinajstić information content (AvgIpc) is 3.50. The third kappa shape index (κ3) is 4.38. The Balaban J connectivity index is 1.40. The molecule has 1 aliphatic rings. The fourth-order valence-corrected chi connectivity index (χ4v) is 4.87. The third-order valence-corrected chi connectivity index (χ3v) is 7.01. The Morgan fingerprint density at radius 3 is 2.88 bits per heavy atom. The number of aromatic amines is 1. The maximum atomic E-state index is 12.8. The number of nitrogens with zero attached hydrogens (tertiary/aromatic N) is 1. The Morgan fingerprint density at radius 2 is 2.12 bits per heavy atom. The Hall–Kier alpha value is -2.83. The van der Waals surface area contributed by atoms with Gasteiger partial charge in [-0.3, -0.25) is 4.79 Å². The van der Waals surface area contributed by atoms with Crippen LogP contribution in [0.15, 0.2) is 52.1 Å². The van der Waals surface area contributed by atoms with Gasteiger partial charge in [-0.25, -0.2) is 4.98 Å². The predicted octanol–water partition coefficient (Wildman–Crippen LogP) is 6.58. The van der Waals surface area contributed by atoms with Gasteiger partial charge in [0.15, 0.2) is 0 Å². The van der Waals surface area contributed by atoms with Crippen LogP contribution < -0.4 is 15.6 Å². The van der Waals surface area contributed by atoms with Crippen molar-refractivity contribution in [3.63, 3.8) is 0 Å². The molecule has 1 atom stereocenters. The van der Waals surface area contributed by atoms with E-state index in [-0.39, 0.29) is 11.6 Å². The van der Waals surface area contributed by atoms with Gasteiger partial charge in [0.25, 0.3) is 5.56 Å². The zero-order valence-corrected chi connectivity index (χ0v) is 19.5. The van der Waals surface area contributed by atoms with E-state index in [1.165, 1.54) is 24.0 Å². The van der Waals surface area contributed by atoms with Crippen molar-refractivity contribution in [3.8, 4) is 16.9 Å². The summed E-state index contributed by atoms with van der Waals surface area (Å²) in [5, 5.41) is 9.06. The number of halogens is 1. The van der Waals surface area contributed by atoms with Crippen LogP contribution in [0.25, 0.3) is 22.0 Å². The first kappa shape index (κ1) is 21.0.